The highest BCUT2D eigenvalue weighted by molar-refractivity contribution is 6.31. The first-order valence-electron chi connectivity index (χ1n) is 19.9. The molecule has 3 N–H and O–H groups in total. The lowest BCUT2D eigenvalue weighted by Gasteiger charge is -2.29. The van der Waals surface area contributed by atoms with Gasteiger partial charge in [-0.05, 0) is 71.6 Å². The summed E-state index contributed by atoms with van der Waals surface area (Å²) in [4.78, 5) is 9.19. The highest BCUT2D eigenvalue weighted by Gasteiger charge is 2.36. The van der Waals surface area contributed by atoms with Gasteiger partial charge in [0.05, 0.1) is 41.8 Å². The minimum absolute atomic E-state index is 0.00347. The molecule has 328 valence electrons. The Hall–Kier alpha value is -5.63. The quantitative estimate of drug-likeness (QED) is 0.116. The Labute approximate surface area is 355 Å². The number of pyridine rings is 2. The van der Waals surface area contributed by atoms with E-state index in [0.717, 1.165) is 34.2 Å². The van der Waals surface area contributed by atoms with E-state index in [2.05, 4.69) is 51.4 Å². The molecule has 0 bridgehead atoms. The van der Waals surface area contributed by atoms with E-state index < -0.39 is 11.8 Å². The molecule has 0 amide bonds. The molecule has 0 aliphatic heterocycles. The molecule has 0 radical (unpaired) electrons. The standard InChI is InChI=1S/C20H25F2N7O.C16H19ClF2N4.C4H7N3O/c1-13-8-14(2)29(26-13)19-10-17(30-12-16-11-23-27-28(16)3)9-18(25-19)24-15-4-6-20(21,22)7-5-15;1-10-7-11(2)23(22-10)15-9-12(17)8-14(21-15)20-13-3-5-16(18,19)6-4-13;1-7-4(3-8)2-5-6-7/h8-11,15H,4-7,12H2,1-3H3,(H,24,25);7-9,13H,3-6H2,1-2H3,(H,20,21);2,8H,3H2,1H3. The van der Waals surface area contributed by atoms with Gasteiger partial charge in [0.25, 0.3) is 0 Å². The van der Waals surface area contributed by atoms with Gasteiger partial charge in [-0.2, -0.15) is 10.2 Å². The normalized spacial score (nSPS) is 16.3. The summed E-state index contributed by atoms with van der Waals surface area (Å²) < 4.78 is 66.1. The second-order valence-electron chi connectivity index (χ2n) is 15.4. The maximum atomic E-state index is 13.5. The van der Waals surface area contributed by atoms with Gasteiger partial charge in [0.15, 0.2) is 11.6 Å². The minimum Gasteiger partial charge on any atom is -0.487 e. The third-order valence-corrected chi connectivity index (χ3v) is 10.5. The number of alkyl halides is 4. The van der Waals surface area contributed by atoms with Gasteiger partial charge >= 0.3 is 0 Å². The van der Waals surface area contributed by atoms with Crippen molar-refractivity contribution in [1.82, 2.24) is 59.5 Å². The van der Waals surface area contributed by atoms with Crippen LogP contribution in [0.5, 0.6) is 5.75 Å². The van der Waals surface area contributed by atoms with Gasteiger partial charge in [0.2, 0.25) is 11.8 Å². The van der Waals surface area contributed by atoms with Crippen molar-refractivity contribution in [3.63, 3.8) is 0 Å². The maximum absolute atomic E-state index is 13.5. The number of anilines is 2. The summed E-state index contributed by atoms with van der Waals surface area (Å²) in [6, 6.07) is 10.9. The van der Waals surface area contributed by atoms with Gasteiger partial charge < -0.3 is 20.5 Å². The van der Waals surface area contributed by atoms with Crippen LogP contribution in [0.1, 0.15) is 85.5 Å². The second kappa shape index (κ2) is 19.4. The smallest absolute Gasteiger partial charge is 0.248 e. The predicted octanol–water partition coefficient (Wildman–Crippen LogP) is 7.42. The number of aromatic nitrogens is 12. The molecule has 6 aromatic rings. The van der Waals surface area contributed by atoms with Gasteiger partial charge in [-0.15, -0.1) is 10.2 Å². The molecule has 0 atom stereocenters. The lowest BCUT2D eigenvalue weighted by Crippen LogP contribution is -2.32. The van der Waals surface area contributed by atoms with Crippen LogP contribution in [0.15, 0.2) is 48.8 Å². The number of ether oxygens (including phenoxy) is 1. The van der Waals surface area contributed by atoms with Gasteiger partial charge in [-0.1, -0.05) is 22.0 Å². The fourth-order valence-corrected chi connectivity index (χ4v) is 7.19. The van der Waals surface area contributed by atoms with E-state index in [0.29, 0.717) is 66.3 Å². The zero-order valence-electron chi connectivity index (χ0n) is 35.0. The van der Waals surface area contributed by atoms with E-state index in [4.69, 9.17) is 21.4 Å². The van der Waals surface area contributed by atoms with E-state index in [-0.39, 0.29) is 44.4 Å². The molecule has 0 aromatic carbocycles. The fraction of sp³-hybridized carbons (Fsp3) is 0.500. The third kappa shape index (κ3) is 12.5. The molecular weight excluding hydrogens is 820 g/mol. The molecule has 6 aromatic heterocycles. The predicted molar refractivity (Wildman–Crippen MR) is 221 cm³/mol. The molecule has 8 rings (SSSR count). The lowest BCUT2D eigenvalue weighted by molar-refractivity contribution is -0.0366. The molecule has 0 saturated heterocycles. The van der Waals surface area contributed by atoms with Gasteiger partial charge in [-0.3, -0.25) is 4.68 Å². The van der Waals surface area contributed by atoms with Crippen molar-refractivity contribution in [3.8, 4) is 17.4 Å². The van der Waals surface area contributed by atoms with Crippen LogP contribution < -0.4 is 15.4 Å². The van der Waals surface area contributed by atoms with Gasteiger partial charge in [0, 0.05) is 86.5 Å². The van der Waals surface area contributed by atoms with Crippen LogP contribution in [-0.4, -0.2) is 88.6 Å². The Morgan fingerprint density at radius 1 is 0.689 bits per heavy atom. The summed E-state index contributed by atoms with van der Waals surface area (Å²) >= 11 is 6.18. The first kappa shape index (κ1) is 44.9. The topological polar surface area (TPSA) is 176 Å². The molecule has 2 aliphatic rings. The van der Waals surface area contributed by atoms with Crippen LogP contribution in [0.4, 0.5) is 29.2 Å². The fourth-order valence-electron chi connectivity index (χ4n) is 6.99. The second-order valence-corrected chi connectivity index (χ2v) is 15.9. The number of aryl methyl sites for hydroxylation is 6. The van der Waals surface area contributed by atoms with E-state index in [9.17, 15) is 17.6 Å². The number of hydrogen-bond acceptors (Lipinski definition) is 12. The largest absolute Gasteiger partial charge is 0.487 e. The zero-order valence-corrected chi connectivity index (χ0v) is 35.7. The molecule has 2 fully saturated rings. The highest BCUT2D eigenvalue weighted by atomic mass is 35.5. The Morgan fingerprint density at radius 2 is 1.15 bits per heavy atom. The number of nitrogens with zero attached hydrogens (tertiary/aromatic N) is 12. The monoisotopic (exact) mass is 870 g/mol. The number of halogens is 5. The van der Waals surface area contributed by atoms with E-state index in [1.54, 1.807) is 52.5 Å². The van der Waals surface area contributed by atoms with Crippen molar-refractivity contribution in [3.05, 3.63) is 88.0 Å². The van der Waals surface area contributed by atoms with Gasteiger partial charge in [0.1, 0.15) is 24.0 Å². The summed E-state index contributed by atoms with van der Waals surface area (Å²) in [5.41, 5.74) is 5.23. The van der Waals surface area contributed by atoms with Crippen LogP contribution in [0, 0.1) is 27.7 Å². The van der Waals surface area contributed by atoms with Crippen molar-refractivity contribution in [2.45, 2.75) is 116 Å². The minimum atomic E-state index is -2.57. The molecular formula is C40H51ClF4N14O2. The molecule has 2 aliphatic carbocycles. The molecule has 21 heteroatoms. The Kier molecular flexibility index (Phi) is 14.3. The summed E-state index contributed by atoms with van der Waals surface area (Å²) in [5, 5.41) is 39.4. The average Bonchev–Trinajstić information content (AvgIpc) is 3.99. The highest BCUT2D eigenvalue weighted by Crippen LogP contribution is 2.36. The number of hydrogen-bond donors (Lipinski definition) is 3. The molecule has 0 spiro atoms. The summed E-state index contributed by atoms with van der Waals surface area (Å²) in [7, 11) is 3.53. The maximum Gasteiger partial charge on any atom is 0.248 e. The lowest BCUT2D eigenvalue weighted by atomic mass is 9.92. The number of rotatable bonds is 10. The van der Waals surface area contributed by atoms with Crippen LogP contribution in [0.2, 0.25) is 5.02 Å². The van der Waals surface area contributed by atoms with Crippen molar-refractivity contribution >= 4 is 23.2 Å². The summed E-state index contributed by atoms with van der Waals surface area (Å²) in [5.74, 6) is -2.12. The summed E-state index contributed by atoms with van der Waals surface area (Å²) in [6.45, 7) is 8.02. The molecule has 61 heavy (non-hydrogen) atoms. The van der Waals surface area contributed by atoms with E-state index >= 15 is 0 Å². The van der Waals surface area contributed by atoms with Crippen molar-refractivity contribution in [2.75, 3.05) is 10.6 Å². The van der Waals surface area contributed by atoms with Crippen LogP contribution >= 0.6 is 11.6 Å². The number of aliphatic hydroxyl groups excluding tert-OH is 1. The van der Waals surface area contributed by atoms with Crippen molar-refractivity contribution < 1.29 is 27.4 Å². The molecule has 0 unspecified atom stereocenters. The molecule has 6 heterocycles. The van der Waals surface area contributed by atoms with E-state index in [1.165, 1.54) is 10.9 Å². The van der Waals surface area contributed by atoms with Crippen LogP contribution in [0.3, 0.4) is 0 Å². The number of nitrogens with one attached hydrogen (secondary N) is 2. The van der Waals surface area contributed by atoms with Crippen molar-refractivity contribution in [2.24, 2.45) is 14.1 Å². The van der Waals surface area contributed by atoms with Gasteiger partial charge in [-0.25, -0.2) is 41.6 Å². The first-order chi connectivity index (χ1) is 29.0. The SMILES string of the molecule is Cc1cc(C)n(-c2cc(Cl)cc(NC3CCC(F)(F)CC3)n2)n1.Cc1cc(C)n(-c2cc(OCc3cnnn3C)cc(NC3CCC(F)(F)CC3)n2)n1.Cn1nncc1CO. The zero-order chi connectivity index (χ0) is 43.9. The van der Waals surface area contributed by atoms with Crippen LogP contribution in [-0.2, 0) is 27.3 Å². The Bertz CT molecular complexity index is 2360. The third-order valence-electron chi connectivity index (χ3n) is 10.3. The van der Waals surface area contributed by atoms with E-state index in [1.807, 2.05) is 45.9 Å². The first-order valence-corrected chi connectivity index (χ1v) is 20.3. The Balaban J connectivity index is 0.000000177. The molecule has 16 nitrogen and oxygen atoms in total. The summed E-state index contributed by atoms with van der Waals surface area (Å²) in [6.07, 6.45) is 4.42. The average molecular weight is 871 g/mol. The van der Waals surface area contributed by atoms with Crippen LogP contribution in [0.25, 0.3) is 11.6 Å². The van der Waals surface area contributed by atoms with Crippen molar-refractivity contribution in [1.29, 1.82) is 0 Å². The number of aliphatic hydroxyl groups is 1. The molecule has 2 saturated carbocycles. The Morgan fingerprint density at radius 3 is 1.56 bits per heavy atom.